The van der Waals surface area contributed by atoms with E-state index in [2.05, 4.69) is 10.3 Å². The Balaban J connectivity index is 1.64. The second-order valence-electron chi connectivity index (χ2n) is 8.38. The zero-order valence-electron chi connectivity index (χ0n) is 18.6. The van der Waals surface area contributed by atoms with Crippen molar-refractivity contribution < 1.29 is 14.3 Å². The predicted molar refractivity (Wildman–Crippen MR) is 122 cm³/mol. The van der Waals surface area contributed by atoms with Gasteiger partial charge in [-0.2, -0.15) is 0 Å². The van der Waals surface area contributed by atoms with E-state index in [9.17, 15) is 9.59 Å². The Morgan fingerprint density at radius 2 is 1.81 bits per heavy atom. The molecular weight excluding hydrogens is 392 g/mol. The van der Waals surface area contributed by atoms with Crippen LogP contribution in [0.15, 0.2) is 54.9 Å². The van der Waals surface area contributed by atoms with E-state index in [0.717, 1.165) is 16.6 Å². The van der Waals surface area contributed by atoms with Crippen molar-refractivity contribution in [3.63, 3.8) is 0 Å². The number of para-hydroxylation sites is 3. The number of benzene rings is 2. The summed E-state index contributed by atoms with van der Waals surface area (Å²) in [4.78, 5) is 31.1. The summed E-state index contributed by atoms with van der Waals surface area (Å²) in [6.45, 7) is 8.83. The predicted octanol–water partition coefficient (Wildman–Crippen LogP) is 4.82. The lowest BCUT2D eigenvalue weighted by atomic mass is 10.1. The van der Waals surface area contributed by atoms with E-state index in [1.807, 2.05) is 80.8 Å². The highest BCUT2D eigenvalue weighted by atomic mass is 16.6. The van der Waals surface area contributed by atoms with Gasteiger partial charge in [0.2, 0.25) is 5.91 Å². The maximum absolute atomic E-state index is 12.6. The Morgan fingerprint density at radius 3 is 2.55 bits per heavy atom. The Bertz CT molecular complexity index is 1050. The number of ether oxygens (including phenoxy) is 1. The Kier molecular flexibility index (Phi) is 6.95. The van der Waals surface area contributed by atoms with Crippen LogP contribution < -0.4 is 5.32 Å². The van der Waals surface area contributed by atoms with Crippen LogP contribution in [0.1, 0.15) is 39.7 Å². The largest absolute Gasteiger partial charge is 0.444 e. The minimum absolute atomic E-state index is 0.0921. The van der Waals surface area contributed by atoms with Gasteiger partial charge in [0, 0.05) is 25.2 Å². The molecule has 31 heavy (non-hydrogen) atoms. The van der Waals surface area contributed by atoms with E-state index in [4.69, 9.17) is 4.74 Å². The first-order valence-electron chi connectivity index (χ1n) is 10.5. The van der Waals surface area contributed by atoms with Gasteiger partial charge in [-0.05, 0) is 51.5 Å². The van der Waals surface area contributed by atoms with Gasteiger partial charge in [0.15, 0.2) is 0 Å². The van der Waals surface area contributed by atoms with Crippen LogP contribution in [0.25, 0.3) is 11.0 Å². The van der Waals surface area contributed by atoms with Crippen LogP contribution in [-0.4, -0.2) is 38.6 Å². The molecule has 7 nitrogen and oxygen atoms in total. The van der Waals surface area contributed by atoms with Crippen molar-refractivity contribution in [1.29, 1.82) is 0 Å². The third kappa shape index (κ3) is 6.07. The van der Waals surface area contributed by atoms with E-state index in [1.54, 1.807) is 11.2 Å². The van der Waals surface area contributed by atoms with E-state index in [0.29, 0.717) is 31.7 Å². The van der Waals surface area contributed by atoms with Gasteiger partial charge in [0.05, 0.1) is 23.9 Å². The van der Waals surface area contributed by atoms with E-state index in [1.165, 1.54) is 0 Å². The standard InChI is InChI=1S/C24H30N4O3/c1-5-27(23(30)31-24(2,3)4)16-18-10-6-7-11-19(18)26-22(29)14-15-28-17-25-20-12-8-9-13-21(20)28/h6-13,17H,5,14-16H2,1-4H3,(H,26,29). The van der Waals surface area contributed by atoms with Gasteiger partial charge >= 0.3 is 6.09 Å². The number of carbonyl (C=O) groups excluding carboxylic acids is 2. The molecule has 1 N–H and O–H groups in total. The van der Waals surface area contributed by atoms with Gasteiger partial charge in [0.25, 0.3) is 0 Å². The second kappa shape index (κ2) is 9.64. The summed E-state index contributed by atoms with van der Waals surface area (Å²) in [7, 11) is 0. The van der Waals surface area contributed by atoms with Crippen molar-refractivity contribution >= 4 is 28.7 Å². The van der Waals surface area contributed by atoms with Gasteiger partial charge in [-0.15, -0.1) is 0 Å². The fourth-order valence-corrected chi connectivity index (χ4v) is 3.24. The van der Waals surface area contributed by atoms with Crippen LogP contribution in [-0.2, 0) is 22.6 Å². The second-order valence-corrected chi connectivity index (χ2v) is 8.38. The first-order chi connectivity index (χ1) is 14.8. The lowest BCUT2D eigenvalue weighted by molar-refractivity contribution is -0.116. The summed E-state index contributed by atoms with van der Waals surface area (Å²) in [5.41, 5.74) is 2.92. The highest BCUT2D eigenvalue weighted by Crippen LogP contribution is 2.20. The number of fused-ring (bicyclic) bond motifs is 1. The first-order valence-corrected chi connectivity index (χ1v) is 10.5. The average Bonchev–Trinajstić information content (AvgIpc) is 3.13. The van der Waals surface area contributed by atoms with Crippen LogP contribution in [0.3, 0.4) is 0 Å². The smallest absolute Gasteiger partial charge is 0.410 e. The van der Waals surface area contributed by atoms with Crippen LogP contribution in [0.2, 0.25) is 0 Å². The molecule has 2 amide bonds. The number of rotatable bonds is 7. The third-order valence-corrected chi connectivity index (χ3v) is 4.79. The molecule has 1 aromatic heterocycles. The molecule has 0 saturated heterocycles. The number of nitrogens with zero attached hydrogens (tertiary/aromatic N) is 3. The summed E-state index contributed by atoms with van der Waals surface area (Å²) in [6, 6.07) is 15.4. The highest BCUT2D eigenvalue weighted by molar-refractivity contribution is 5.91. The normalized spacial score (nSPS) is 11.4. The molecule has 0 radical (unpaired) electrons. The number of carbonyl (C=O) groups is 2. The van der Waals surface area contributed by atoms with Gasteiger partial charge in [-0.3, -0.25) is 4.79 Å². The molecule has 0 saturated carbocycles. The molecular formula is C24H30N4O3. The van der Waals surface area contributed by atoms with Crippen LogP contribution in [0.5, 0.6) is 0 Å². The van der Waals surface area contributed by atoms with Crippen LogP contribution in [0.4, 0.5) is 10.5 Å². The van der Waals surface area contributed by atoms with Gasteiger partial charge in [-0.25, -0.2) is 9.78 Å². The van der Waals surface area contributed by atoms with Crippen LogP contribution >= 0.6 is 0 Å². The van der Waals surface area contributed by atoms with Crippen molar-refractivity contribution in [1.82, 2.24) is 14.5 Å². The third-order valence-electron chi connectivity index (χ3n) is 4.79. The van der Waals surface area contributed by atoms with Crippen molar-refractivity contribution in [3.8, 4) is 0 Å². The number of aromatic nitrogens is 2. The van der Waals surface area contributed by atoms with Crippen molar-refractivity contribution in [2.45, 2.75) is 52.8 Å². The first kappa shape index (κ1) is 22.3. The zero-order valence-corrected chi connectivity index (χ0v) is 18.6. The summed E-state index contributed by atoms with van der Waals surface area (Å²) < 4.78 is 7.46. The lowest BCUT2D eigenvalue weighted by Gasteiger charge is -2.27. The molecule has 0 aliphatic heterocycles. The molecule has 0 bridgehead atoms. The monoisotopic (exact) mass is 422 g/mol. The number of aryl methyl sites for hydroxylation is 1. The number of amides is 2. The number of imidazole rings is 1. The summed E-state index contributed by atoms with van der Waals surface area (Å²) in [5, 5.41) is 2.99. The average molecular weight is 423 g/mol. The van der Waals surface area contributed by atoms with Gasteiger partial charge in [0.1, 0.15) is 5.60 Å². The maximum atomic E-state index is 12.6. The summed E-state index contributed by atoms with van der Waals surface area (Å²) in [6.07, 6.45) is 1.70. The molecule has 0 aliphatic rings. The minimum atomic E-state index is -0.560. The quantitative estimate of drug-likeness (QED) is 0.592. The molecule has 0 spiro atoms. The molecule has 0 atom stereocenters. The number of hydrogen-bond donors (Lipinski definition) is 1. The molecule has 0 fully saturated rings. The fraction of sp³-hybridized carbons (Fsp3) is 0.375. The SMILES string of the molecule is CCN(Cc1ccccc1NC(=O)CCn1cnc2ccccc21)C(=O)OC(C)(C)C. The molecule has 7 heteroatoms. The molecule has 3 rings (SSSR count). The highest BCUT2D eigenvalue weighted by Gasteiger charge is 2.22. The molecule has 164 valence electrons. The van der Waals surface area contributed by atoms with Crippen molar-refractivity contribution in [3.05, 3.63) is 60.4 Å². The van der Waals surface area contributed by atoms with Crippen molar-refractivity contribution in [2.24, 2.45) is 0 Å². The van der Waals surface area contributed by atoms with E-state index >= 15 is 0 Å². The zero-order chi connectivity index (χ0) is 22.4. The molecule has 0 unspecified atom stereocenters. The Hall–Kier alpha value is -3.35. The topological polar surface area (TPSA) is 76.5 Å². The van der Waals surface area contributed by atoms with E-state index < -0.39 is 5.60 Å². The minimum Gasteiger partial charge on any atom is -0.444 e. The van der Waals surface area contributed by atoms with Gasteiger partial charge in [-0.1, -0.05) is 30.3 Å². The van der Waals surface area contributed by atoms with Crippen molar-refractivity contribution in [2.75, 3.05) is 11.9 Å². The lowest BCUT2D eigenvalue weighted by Crippen LogP contribution is -2.36. The number of nitrogens with one attached hydrogen (secondary N) is 1. The Morgan fingerprint density at radius 1 is 1.10 bits per heavy atom. The van der Waals surface area contributed by atoms with E-state index in [-0.39, 0.29) is 12.0 Å². The number of hydrogen-bond acceptors (Lipinski definition) is 4. The summed E-state index contributed by atoms with van der Waals surface area (Å²) in [5.74, 6) is -0.0921. The summed E-state index contributed by atoms with van der Waals surface area (Å²) >= 11 is 0. The van der Waals surface area contributed by atoms with Gasteiger partial charge < -0.3 is 19.5 Å². The Labute approximate surface area is 183 Å². The fourth-order valence-electron chi connectivity index (χ4n) is 3.24. The molecule has 1 heterocycles. The molecule has 3 aromatic rings. The number of anilines is 1. The maximum Gasteiger partial charge on any atom is 0.410 e. The molecule has 0 aliphatic carbocycles. The molecule has 2 aromatic carbocycles. The van der Waals surface area contributed by atoms with Crippen LogP contribution in [0, 0.1) is 0 Å².